The van der Waals surface area contributed by atoms with Crippen LogP contribution in [0.4, 0.5) is 4.39 Å². The van der Waals surface area contributed by atoms with Crippen molar-refractivity contribution in [1.82, 2.24) is 19.1 Å². The van der Waals surface area contributed by atoms with Crippen molar-refractivity contribution in [3.8, 4) is 11.1 Å². The third-order valence-electron chi connectivity index (χ3n) is 6.43. The number of fused-ring (bicyclic) bond motifs is 1. The quantitative estimate of drug-likeness (QED) is 0.698. The molecule has 2 aliphatic rings. The number of hydrogen-bond donors (Lipinski definition) is 1. The molecule has 2 fully saturated rings. The van der Waals surface area contributed by atoms with E-state index in [0.717, 1.165) is 17.5 Å². The third kappa shape index (κ3) is 3.26. The summed E-state index contributed by atoms with van der Waals surface area (Å²) in [5, 5.41) is 15.4. The lowest BCUT2D eigenvalue weighted by Gasteiger charge is -2.42. The molecule has 1 aromatic carbocycles. The Kier molecular flexibility index (Phi) is 4.34. The topological polar surface area (TPSA) is 79.8 Å². The molecule has 2 aromatic heterocycles. The van der Waals surface area contributed by atoms with Gasteiger partial charge in [0.15, 0.2) is 0 Å². The van der Waals surface area contributed by atoms with E-state index in [1.54, 1.807) is 0 Å². The Balaban J connectivity index is 1.61. The van der Waals surface area contributed by atoms with Crippen LogP contribution in [0.2, 0.25) is 0 Å². The second-order valence-corrected chi connectivity index (χ2v) is 9.19. The third-order valence-corrected chi connectivity index (χ3v) is 6.43. The van der Waals surface area contributed by atoms with E-state index in [9.17, 15) is 19.1 Å². The number of nitrogens with zero attached hydrogens (tertiary/aromatic N) is 4. The summed E-state index contributed by atoms with van der Waals surface area (Å²) >= 11 is 0. The van der Waals surface area contributed by atoms with Gasteiger partial charge in [-0.1, -0.05) is 29.8 Å². The number of aromatic nitrogens is 3. The number of amides is 1. The smallest absolute Gasteiger partial charge is 0.278 e. The summed E-state index contributed by atoms with van der Waals surface area (Å²) in [4.78, 5) is 27.3. The number of carbonyl (C=O) groups excluding carboxylic acids is 1. The number of hydrogen-bond acceptors (Lipinski definition) is 4. The minimum Gasteiger partial charge on any atom is -0.384 e. The lowest BCUT2D eigenvalue weighted by molar-refractivity contribution is -0.144. The number of benzene rings is 1. The first-order chi connectivity index (χ1) is 14.7. The molecule has 31 heavy (non-hydrogen) atoms. The van der Waals surface area contributed by atoms with Crippen molar-refractivity contribution in [2.45, 2.75) is 50.9 Å². The van der Waals surface area contributed by atoms with Gasteiger partial charge in [-0.25, -0.2) is 8.91 Å². The van der Waals surface area contributed by atoms with Gasteiger partial charge in [0, 0.05) is 5.56 Å². The second-order valence-electron chi connectivity index (χ2n) is 9.19. The minimum atomic E-state index is -1.37. The van der Waals surface area contributed by atoms with Gasteiger partial charge in [-0.3, -0.25) is 14.2 Å². The molecule has 1 aliphatic carbocycles. The fourth-order valence-corrected chi connectivity index (χ4v) is 4.55. The Bertz CT molecular complexity index is 1250. The Morgan fingerprint density at radius 2 is 2.00 bits per heavy atom. The molecule has 1 amide bonds. The molecule has 5 rings (SSSR count). The molecule has 0 bridgehead atoms. The summed E-state index contributed by atoms with van der Waals surface area (Å²) in [5.74, 6) is -0.315. The number of aryl methyl sites for hydroxylation is 1. The molecular weight excluding hydrogens is 399 g/mol. The highest BCUT2D eigenvalue weighted by Crippen LogP contribution is 2.43. The van der Waals surface area contributed by atoms with Gasteiger partial charge in [-0.15, -0.1) is 0 Å². The molecule has 0 unspecified atom stereocenters. The maximum Gasteiger partial charge on any atom is 0.278 e. The van der Waals surface area contributed by atoms with Crippen LogP contribution < -0.4 is 5.56 Å². The lowest BCUT2D eigenvalue weighted by Crippen LogP contribution is -2.60. The van der Waals surface area contributed by atoms with Crippen LogP contribution in [0, 0.1) is 6.92 Å². The fourth-order valence-electron chi connectivity index (χ4n) is 4.55. The molecule has 0 spiro atoms. The van der Waals surface area contributed by atoms with Crippen LogP contribution in [0.1, 0.15) is 37.4 Å². The average Bonchev–Trinajstić information content (AvgIpc) is 3.07. The Labute approximate surface area is 178 Å². The predicted octanol–water partition coefficient (Wildman–Crippen LogP) is 2.41. The van der Waals surface area contributed by atoms with Crippen LogP contribution in [0.15, 0.2) is 41.5 Å². The molecule has 1 saturated carbocycles. The molecule has 3 aromatic rings. The molecule has 1 aliphatic heterocycles. The Morgan fingerprint density at radius 1 is 1.26 bits per heavy atom. The van der Waals surface area contributed by atoms with E-state index >= 15 is 0 Å². The van der Waals surface area contributed by atoms with E-state index < -0.39 is 11.3 Å². The zero-order valence-corrected chi connectivity index (χ0v) is 17.6. The normalized spacial score (nSPS) is 19.2. The van der Waals surface area contributed by atoms with E-state index in [1.165, 1.54) is 27.2 Å². The van der Waals surface area contributed by atoms with Gasteiger partial charge < -0.3 is 10.0 Å². The molecule has 7 nitrogen and oxygen atoms in total. The van der Waals surface area contributed by atoms with Gasteiger partial charge in [-0.2, -0.15) is 5.10 Å². The summed E-state index contributed by atoms with van der Waals surface area (Å²) in [5.41, 5.74) is 0.770. The first kappa shape index (κ1) is 19.9. The molecule has 1 saturated heterocycles. The Morgan fingerprint density at radius 3 is 2.61 bits per heavy atom. The summed E-state index contributed by atoms with van der Waals surface area (Å²) in [6.07, 6.45) is 3.48. The van der Waals surface area contributed by atoms with Crippen molar-refractivity contribution in [2.24, 2.45) is 0 Å². The number of carbonyl (C=O) groups is 1. The van der Waals surface area contributed by atoms with Gasteiger partial charge in [0.05, 0.1) is 18.8 Å². The van der Waals surface area contributed by atoms with E-state index in [-0.39, 0.29) is 31.1 Å². The van der Waals surface area contributed by atoms with Crippen LogP contribution in [-0.4, -0.2) is 48.9 Å². The zero-order chi connectivity index (χ0) is 22.0. The molecule has 162 valence electrons. The van der Waals surface area contributed by atoms with Crippen molar-refractivity contribution < 1.29 is 14.3 Å². The van der Waals surface area contributed by atoms with Crippen LogP contribution in [0.25, 0.3) is 16.6 Å². The molecular formula is C23H25FN4O3. The fraction of sp³-hybridized carbons (Fsp3) is 0.435. The SMILES string of the molecule is Cc1cccc(-c2cc(C3(O)CCC3)n3ncn(CC(=O)N4CC(C)(F)C4)c(=O)c23)c1. The van der Waals surface area contributed by atoms with E-state index in [2.05, 4.69) is 5.10 Å². The molecule has 3 heterocycles. The standard InChI is InChI=1S/C23H25FN4O3/c1-15-5-3-6-16(9-15)17-10-18(23(31)7-4-8-23)28-20(17)21(30)26(14-25-28)11-19(29)27-12-22(2,24)13-27/h3,5-6,9-10,14,31H,4,7-8,11-13H2,1-2H3. The van der Waals surface area contributed by atoms with Gasteiger partial charge >= 0.3 is 0 Å². The number of halogens is 1. The van der Waals surface area contributed by atoms with Gasteiger partial charge in [0.2, 0.25) is 5.91 Å². The maximum absolute atomic E-state index is 13.8. The monoisotopic (exact) mass is 424 g/mol. The van der Waals surface area contributed by atoms with Gasteiger partial charge in [0.25, 0.3) is 5.56 Å². The maximum atomic E-state index is 13.8. The molecule has 0 atom stereocenters. The summed E-state index contributed by atoms with van der Waals surface area (Å²) in [6, 6.07) is 9.63. The number of alkyl halides is 1. The zero-order valence-electron chi connectivity index (χ0n) is 17.6. The Hall–Kier alpha value is -3.00. The number of aliphatic hydroxyl groups is 1. The second kappa shape index (κ2) is 6.75. The van der Waals surface area contributed by atoms with Crippen LogP contribution in [-0.2, 0) is 16.9 Å². The summed E-state index contributed by atoms with van der Waals surface area (Å²) < 4.78 is 16.5. The van der Waals surface area contributed by atoms with E-state index in [4.69, 9.17) is 0 Å². The minimum absolute atomic E-state index is 0.0348. The van der Waals surface area contributed by atoms with Gasteiger partial charge in [0.1, 0.15) is 29.7 Å². The number of likely N-dealkylation sites (tertiary alicyclic amines) is 1. The van der Waals surface area contributed by atoms with Crippen LogP contribution >= 0.6 is 0 Å². The number of rotatable bonds is 4. The molecule has 0 radical (unpaired) electrons. The summed E-state index contributed by atoms with van der Waals surface area (Å²) in [6.45, 7) is 3.30. The highest BCUT2D eigenvalue weighted by molar-refractivity contribution is 5.82. The van der Waals surface area contributed by atoms with E-state index in [1.807, 2.05) is 37.3 Å². The first-order valence-corrected chi connectivity index (χ1v) is 10.5. The highest BCUT2D eigenvalue weighted by atomic mass is 19.1. The van der Waals surface area contributed by atoms with Crippen molar-refractivity contribution in [1.29, 1.82) is 0 Å². The van der Waals surface area contributed by atoms with Crippen molar-refractivity contribution in [3.05, 3.63) is 58.3 Å². The van der Waals surface area contributed by atoms with Crippen LogP contribution in [0.3, 0.4) is 0 Å². The van der Waals surface area contributed by atoms with Crippen LogP contribution in [0.5, 0.6) is 0 Å². The average molecular weight is 424 g/mol. The molecule has 1 N–H and O–H groups in total. The van der Waals surface area contributed by atoms with Crippen molar-refractivity contribution in [2.75, 3.05) is 13.1 Å². The van der Waals surface area contributed by atoms with E-state index in [0.29, 0.717) is 29.6 Å². The molecule has 8 heteroatoms. The van der Waals surface area contributed by atoms with Crippen molar-refractivity contribution in [3.63, 3.8) is 0 Å². The lowest BCUT2D eigenvalue weighted by atomic mass is 9.78. The first-order valence-electron chi connectivity index (χ1n) is 10.5. The van der Waals surface area contributed by atoms with Crippen molar-refractivity contribution >= 4 is 11.4 Å². The largest absolute Gasteiger partial charge is 0.384 e. The summed E-state index contributed by atoms with van der Waals surface area (Å²) in [7, 11) is 0. The predicted molar refractivity (Wildman–Crippen MR) is 113 cm³/mol. The van der Waals surface area contributed by atoms with Gasteiger partial charge in [-0.05, 0) is 44.7 Å². The highest BCUT2D eigenvalue weighted by Gasteiger charge is 2.42.